The van der Waals surface area contributed by atoms with Gasteiger partial charge in [0, 0.05) is 22.2 Å². The number of carbonyl (C=O) groups excluding carboxylic acids is 2. The van der Waals surface area contributed by atoms with Gasteiger partial charge in [-0.3, -0.25) is 9.59 Å². The molecule has 3 N–H and O–H groups in total. The van der Waals surface area contributed by atoms with Crippen LogP contribution in [-0.4, -0.2) is 29.9 Å². The van der Waals surface area contributed by atoms with E-state index in [1.165, 1.54) is 4.90 Å². The number of carbonyl (C=O) groups is 2. The van der Waals surface area contributed by atoms with Gasteiger partial charge in [0.25, 0.3) is 0 Å². The summed E-state index contributed by atoms with van der Waals surface area (Å²) in [6.07, 6.45) is 0.467. The van der Waals surface area contributed by atoms with Crippen LogP contribution < -0.4 is 16.0 Å². The first-order valence-corrected chi connectivity index (χ1v) is 9.76. The van der Waals surface area contributed by atoms with Crippen LogP contribution in [0.3, 0.4) is 0 Å². The zero-order chi connectivity index (χ0) is 20.5. The molecule has 2 aromatic rings. The number of fused-ring (bicyclic) bond motifs is 1. The zero-order valence-corrected chi connectivity index (χ0v) is 17.2. The molecule has 0 saturated carbocycles. The van der Waals surface area contributed by atoms with E-state index < -0.39 is 11.6 Å². The summed E-state index contributed by atoms with van der Waals surface area (Å²) < 4.78 is 0. The maximum atomic E-state index is 13.1. The van der Waals surface area contributed by atoms with E-state index in [0.717, 1.165) is 11.1 Å². The Morgan fingerprint density at radius 1 is 1.21 bits per heavy atom. The van der Waals surface area contributed by atoms with Crippen LogP contribution in [0.1, 0.15) is 44.2 Å². The second-order valence-electron chi connectivity index (χ2n) is 8.23. The number of rotatable bonds is 3. The molecule has 0 aliphatic carbocycles. The summed E-state index contributed by atoms with van der Waals surface area (Å²) >= 11 is 6.25. The Labute approximate surface area is 170 Å². The number of halogens is 1. The highest BCUT2D eigenvalue weighted by molar-refractivity contribution is 6.31. The predicted molar refractivity (Wildman–Crippen MR) is 113 cm³/mol. The van der Waals surface area contributed by atoms with Gasteiger partial charge in [0.2, 0.25) is 11.8 Å². The van der Waals surface area contributed by atoms with Crippen LogP contribution in [0.4, 0.5) is 5.69 Å². The van der Waals surface area contributed by atoms with Crippen molar-refractivity contribution in [2.75, 3.05) is 11.4 Å². The lowest BCUT2D eigenvalue weighted by Gasteiger charge is -2.27. The molecule has 1 aliphatic heterocycles. The molecule has 2 amide bonds. The molecule has 0 saturated heterocycles. The topological polar surface area (TPSA) is 75.4 Å². The second kappa shape index (κ2) is 7.94. The summed E-state index contributed by atoms with van der Waals surface area (Å²) in [4.78, 5) is 27.1. The van der Waals surface area contributed by atoms with Gasteiger partial charge >= 0.3 is 0 Å². The van der Waals surface area contributed by atoms with Gasteiger partial charge in [-0.25, -0.2) is 0 Å². The lowest BCUT2D eigenvalue weighted by molar-refractivity contribution is -0.125. The Hall–Kier alpha value is -2.37. The van der Waals surface area contributed by atoms with Crippen molar-refractivity contribution in [3.8, 4) is 0 Å². The number of nitrogens with two attached hydrogens (primary N) is 1. The molecule has 0 spiro atoms. The summed E-state index contributed by atoms with van der Waals surface area (Å²) in [5.74, 6) is -0.564. The monoisotopic (exact) mass is 399 g/mol. The van der Waals surface area contributed by atoms with Crippen LogP contribution in [0, 0.1) is 0 Å². The number of benzene rings is 2. The van der Waals surface area contributed by atoms with E-state index in [-0.39, 0.29) is 24.3 Å². The number of amides is 2. The molecule has 6 heteroatoms. The van der Waals surface area contributed by atoms with Crippen molar-refractivity contribution in [2.24, 2.45) is 5.73 Å². The SMILES string of the molecule is CC(C)(C)NC(=O)CN1C(=O)[C@H](N)C[C@H](c2ccccc2)c2ccc(Cl)cc21. The van der Waals surface area contributed by atoms with Gasteiger partial charge in [-0.1, -0.05) is 48.0 Å². The number of nitrogens with zero attached hydrogens (tertiary/aromatic N) is 1. The maximum Gasteiger partial charge on any atom is 0.244 e. The Morgan fingerprint density at radius 2 is 1.89 bits per heavy atom. The molecule has 5 nitrogen and oxygen atoms in total. The minimum Gasteiger partial charge on any atom is -0.350 e. The van der Waals surface area contributed by atoms with Crippen LogP contribution in [0.2, 0.25) is 5.02 Å². The van der Waals surface area contributed by atoms with E-state index in [1.54, 1.807) is 6.07 Å². The van der Waals surface area contributed by atoms with Gasteiger partial charge in [-0.15, -0.1) is 0 Å². The van der Waals surface area contributed by atoms with Crippen LogP contribution >= 0.6 is 11.6 Å². The standard InChI is InChI=1S/C22H26ClN3O2/c1-22(2,3)25-20(27)13-26-19-11-15(23)9-10-16(19)17(12-18(24)21(26)28)14-7-5-4-6-8-14/h4-11,17-18H,12-13,24H2,1-3H3,(H,25,27)/t17-,18-/m1/s1. The minimum atomic E-state index is -0.709. The zero-order valence-electron chi connectivity index (χ0n) is 16.4. The molecular weight excluding hydrogens is 374 g/mol. The number of anilines is 1. The summed E-state index contributed by atoms with van der Waals surface area (Å²) in [7, 11) is 0. The van der Waals surface area contributed by atoms with Crippen LogP contribution in [0.15, 0.2) is 48.5 Å². The van der Waals surface area contributed by atoms with Crippen molar-refractivity contribution in [3.05, 3.63) is 64.7 Å². The molecule has 0 radical (unpaired) electrons. The Balaban J connectivity index is 2.05. The van der Waals surface area contributed by atoms with Crippen molar-refractivity contribution in [3.63, 3.8) is 0 Å². The second-order valence-corrected chi connectivity index (χ2v) is 8.67. The Bertz CT molecular complexity index is 877. The molecule has 0 aromatic heterocycles. The molecule has 0 unspecified atom stereocenters. The van der Waals surface area contributed by atoms with Crippen molar-refractivity contribution in [1.82, 2.24) is 5.32 Å². The van der Waals surface area contributed by atoms with Crippen molar-refractivity contribution < 1.29 is 9.59 Å². The van der Waals surface area contributed by atoms with E-state index in [4.69, 9.17) is 17.3 Å². The third-order valence-electron chi connectivity index (χ3n) is 4.75. The first kappa shape index (κ1) is 20.4. The van der Waals surface area contributed by atoms with E-state index in [1.807, 2.05) is 63.2 Å². The van der Waals surface area contributed by atoms with Crippen LogP contribution in [-0.2, 0) is 9.59 Å². The molecule has 3 rings (SSSR count). The fourth-order valence-corrected chi connectivity index (χ4v) is 3.78. The normalized spacial score (nSPS) is 19.8. The molecule has 1 aliphatic rings. The van der Waals surface area contributed by atoms with E-state index in [9.17, 15) is 9.59 Å². The summed E-state index contributed by atoms with van der Waals surface area (Å²) in [6.45, 7) is 5.60. The lowest BCUT2D eigenvalue weighted by Crippen LogP contribution is -2.50. The summed E-state index contributed by atoms with van der Waals surface area (Å²) in [6, 6.07) is 14.7. The van der Waals surface area contributed by atoms with E-state index in [2.05, 4.69) is 5.32 Å². The smallest absolute Gasteiger partial charge is 0.244 e. The molecule has 1 heterocycles. The number of nitrogens with one attached hydrogen (secondary N) is 1. The number of hydrogen-bond acceptors (Lipinski definition) is 3. The van der Waals surface area contributed by atoms with Gasteiger partial charge in [0.1, 0.15) is 6.54 Å². The molecule has 2 atom stereocenters. The minimum absolute atomic E-state index is 0.0527. The van der Waals surface area contributed by atoms with E-state index >= 15 is 0 Å². The molecule has 28 heavy (non-hydrogen) atoms. The van der Waals surface area contributed by atoms with E-state index in [0.29, 0.717) is 17.1 Å². The van der Waals surface area contributed by atoms with Gasteiger partial charge in [-0.2, -0.15) is 0 Å². The molecule has 2 aromatic carbocycles. The lowest BCUT2D eigenvalue weighted by atomic mass is 9.86. The highest BCUT2D eigenvalue weighted by Crippen LogP contribution is 2.40. The first-order chi connectivity index (χ1) is 13.2. The van der Waals surface area contributed by atoms with Gasteiger partial charge < -0.3 is 16.0 Å². The van der Waals surface area contributed by atoms with Crippen molar-refractivity contribution >= 4 is 29.1 Å². The Kier molecular flexibility index (Phi) is 5.77. The van der Waals surface area contributed by atoms with Crippen molar-refractivity contribution in [1.29, 1.82) is 0 Å². The summed E-state index contributed by atoms with van der Waals surface area (Å²) in [5, 5.41) is 3.41. The fourth-order valence-electron chi connectivity index (χ4n) is 3.61. The third-order valence-corrected chi connectivity index (χ3v) is 4.98. The van der Waals surface area contributed by atoms with Crippen molar-refractivity contribution in [2.45, 2.75) is 44.7 Å². The van der Waals surface area contributed by atoms with Gasteiger partial charge in [-0.05, 0) is 50.5 Å². The highest BCUT2D eigenvalue weighted by Gasteiger charge is 2.35. The Morgan fingerprint density at radius 3 is 2.54 bits per heavy atom. The van der Waals surface area contributed by atoms with Gasteiger partial charge in [0.05, 0.1) is 6.04 Å². The van der Waals surface area contributed by atoms with Gasteiger partial charge in [0.15, 0.2) is 0 Å². The number of hydrogen-bond donors (Lipinski definition) is 2. The van der Waals surface area contributed by atoms with Crippen LogP contribution in [0.25, 0.3) is 0 Å². The third kappa shape index (κ3) is 4.54. The largest absolute Gasteiger partial charge is 0.350 e. The summed E-state index contributed by atoms with van der Waals surface area (Å²) in [5.41, 5.74) is 8.54. The molecule has 0 bridgehead atoms. The average molecular weight is 400 g/mol. The molecular formula is C22H26ClN3O2. The first-order valence-electron chi connectivity index (χ1n) is 9.38. The average Bonchev–Trinajstić information content (AvgIpc) is 2.71. The van der Waals surface area contributed by atoms with Crippen LogP contribution in [0.5, 0.6) is 0 Å². The molecule has 0 fully saturated rings. The predicted octanol–water partition coefficient (Wildman–Crippen LogP) is 3.45. The fraction of sp³-hybridized carbons (Fsp3) is 0.364. The maximum absolute atomic E-state index is 13.1. The quantitative estimate of drug-likeness (QED) is 0.829. The highest BCUT2D eigenvalue weighted by atomic mass is 35.5. The molecule has 148 valence electrons.